The van der Waals surface area contributed by atoms with Gasteiger partial charge in [0.25, 0.3) is 5.91 Å². The highest BCUT2D eigenvalue weighted by Crippen LogP contribution is 2.20. The van der Waals surface area contributed by atoms with Gasteiger partial charge in [-0.1, -0.05) is 35.0 Å². The molecule has 1 aromatic heterocycles. The first-order chi connectivity index (χ1) is 10.1. The SMILES string of the molecule is CCC(NC(=O)c1ccc(OC)nc1)c1ccc(Br)cc1. The van der Waals surface area contributed by atoms with Gasteiger partial charge in [0, 0.05) is 16.7 Å². The smallest absolute Gasteiger partial charge is 0.253 e. The summed E-state index contributed by atoms with van der Waals surface area (Å²) in [7, 11) is 1.54. The van der Waals surface area contributed by atoms with Crippen molar-refractivity contribution in [1.82, 2.24) is 10.3 Å². The fourth-order valence-corrected chi connectivity index (χ4v) is 2.26. The topological polar surface area (TPSA) is 51.2 Å². The zero-order valence-corrected chi connectivity index (χ0v) is 13.6. The van der Waals surface area contributed by atoms with E-state index in [0.29, 0.717) is 11.4 Å². The summed E-state index contributed by atoms with van der Waals surface area (Å²) in [5, 5.41) is 3.02. The molecule has 21 heavy (non-hydrogen) atoms. The van der Waals surface area contributed by atoms with Gasteiger partial charge in [-0.05, 0) is 30.2 Å². The molecule has 0 fully saturated rings. The van der Waals surface area contributed by atoms with Crippen molar-refractivity contribution in [2.45, 2.75) is 19.4 Å². The summed E-state index contributed by atoms with van der Waals surface area (Å²) in [5.41, 5.74) is 1.60. The fraction of sp³-hybridized carbons (Fsp3) is 0.250. The van der Waals surface area contributed by atoms with Crippen LogP contribution in [0.1, 0.15) is 35.3 Å². The lowest BCUT2D eigenvalue weighted by Gasteiger charge is -2.17. The summed E-state index contributed by atoms with van der Waals surface area (Å²) in [6.07, 6.45) is 2.33. The van der Waals surface area contributed by atoms with Crippen LogP contribution >= 0.6 is 15.9 Å². The Labute approximate surface area is 132 Å². The van der Waals surface area contributed by atoms with Gasteiger partial charge in [0.15, 0.2) is 0 Å². The first-order valence-corrected chi connectivity index (χ1v) is 7.49. The average Bonchev–Trinajstić information content (AvgIpc) is 2.53. The lowest BCUT2D eigenvalue weighted by molar-refractivity contribution is 0.0935. The third-order valence-electron chi connectivity index (χ3n) is 3.19. The van der Waals surface area contributed by atoms with E-state index in [2.05, 4.69) is 26.2 Å². The second kappa shape index (κ2) is 7.22. The van der Waals surface area contributed by atoms with Crippen LogP contribution in [0.4, 0.5) is 0 Å². The monoisotopic (exact) mass is 348 g/mol. The van der Waals surface area contributed by atoms with Crippen molar-refractivity contribution < 1.29 is 9.53 Å². The quantitative estimate of drug-likeness (QED) is 0.895. The zero-order chi connectivity index (χ0) is 15.2. The number of nitrogens with zero attached hydrogens (tertiary/aromatic N) is 1. The first kappa shape index (κ1) is 15.5. The van der Waals surface area contributed by atoms with Gasteiger partial charge in [-0.3, -0.25) is 4.79 Å². The first-order valence-electron chi connectivity index (χ1n) is 6.70. The molecule has 0 radical (unpaired) electrons. The van der Waals surface area contributed by atoms with Crippen LogP contribution in [0.2, 0.25) is 0 Å². The van der Waals surface area contributed by atoms with E-state index in [1.165, 1.54) is 6.20 Å². The number of aromatic nitrogens is 1. The maximum absolute atomic E-state index is 12.3. The van der Waals surface area contributed by atoms with Crippen LogP contribution in [0.3, 0.4) is 0 Å². The zero-order valence-electron chi connectivity index (χ0n) is 12.0. The minimum Gasteiger partial charge on any atom is -0.481 e. The van der Waals surface area contributed by atoms with E-state index >= 15 is 0 Å². The predicted octanol–water partition coefficient (Wildman–Crippen LogP) is 3.73. The Morgan fingerprint density at radius 2 is 2.00 bits per heavy atom. The molecule has 0 aliphatic heterocycles. The van der Waals surface area contributed by atoms with Crippen molar-refractivity contribution in [3.8, 4) is 5.88 Å². The number of hydrogen-bond donors (Lipinski definition) is 1. The van der Waals surface area contributed by atoms with E-state index < -0.39 is 0 Å². The molecule has 2 rings (SSSR count). The van der Waals surface area contributed by atoms with Crippen molar-refractivity contribution in [1.29, 1.82) is 0 Å². The van der Waals surface area contributed by atoms with Crippen LogP contribution in [0.15, 0.2) is 47.1 Å². The summed E-state index contributed by atoms with van der Waals surface area (Å²) < 4.78 is 6.00. The standard InChI is InChI=1S/C16H17BrN2O2/c1-3-14(11-4-7-13(17)8-5-11)19-16(20)12-6-9-15(21-2)18-10-12/h4-10,14H,3H2,1-2H3,(H,19,20). The summed E-state index contributed by atoms with van der Waals surface area (Å²) in [5.74, 6) is 0.353. The fourth-order valence-electron chi connectivity index (χ4n) is 1.99. The Kier molecular flexibility index (Phi) is 5.33. The van der Waals surface area contributed by atoms with Crippen LogP contribution in [0.5, 0.6) is 5.88 Å². The van der Waals surface area contributed by atoms with Crippen LogP contribution in [-0.4, -0.2) is 18.0 Å². The van der Waals surface area contributed by atoms with Gasteiger partial charge in [0.2, 0.25) is 5.88 Å². The molecule has 1 atom stereocenters. The third-order valence-corrected chi connectivity index (χ3v) is 3.72. The van der Waals surface area contributed by atoms with Crippen molar-refractivity contribution in [2.75, 3.05) is 7.11 Å². The number of hydrogen-bond acceptors (Lipinski definition) is 3. The van der Waals surface area contributed by atoms with Gasteiger partial charge in [-0.25, -0.2) is 4.98 Å². The van der Waals surface area contributed by atoms with Crippen LogP contribution in [0, 0.1) is 0 Å². The van der Waals surface area contributed by atoms with Gasteiger partial charge in [-0.2, -0.15) is 0 Å². The number of carbonyl (C=O) groups is 1. The number of methoxy groups -OCH3 is 1. The molecule has 0 aliphatic rings. The molecule has 0 saturated heterocycles. The van der Waals surface area contributed by atoms with Crippen LogP contribution < -0.4 is 10.1 Å². The highest BCUT2D eigenvalue weighted by molar-refractivity contribution is 9.10. The number of pyridine rings is 1. The van der Waals surface area contributed by atoms with E-state index in [1.54, 1.807) is 19.2 Å². The normalized spacial score (nSPS) is 11.8. The maximum Gasteiger partial charge on any atom is 0.253 e. The summed E-state index contributed by atoms with van der Waals surface area (Å²) in [6, 6.07) is 11.3. The third kappa shape index (κ3) is 4.04. The van der Waals surface area contributed by atoms with E-state index in [4.69, 9.17) is 4.74 Å². The molecule has 1 unspecified atom stereocenters. The lowest BCUT2D eigenvalue weighted by atomic mass is 10.0. The lowest BCUT2D eigenvalue weighted by Crippen LogP contribution is -2.28. The Morgan fingerprint density at radius 1 is 1.29 bits per heavy atom. The second-order valence-corrected chi connectivity index (χ2v) is 5.49. The molecule has 0 saturated carbocycles. The summed E-state index contributed by atoms with van der Waals surface area (Å²) in [4.78, 5) is 16.3. The molecular weight excluding hydrogens is 332 g/mol. The molecular formula is C16H17BrN2O2. The van der Waals surface area contributed by atoms with Gasteiger partial charge in [0.05, 0.1) is 18.7 Å². The van der Waals surface area contributed by atoms with Crippen molar-refractivity contribution in [3.05, 3.63) is 58.2 Å². The Balaban J connectivity index is 2.10. The molecule has 5 heteroatoms. The number of rotatable bonds is 5. The van der Waals surface area contributed by atoms with Gasteiger partial charge in [-0.15, -0.1) is 0 Å². The Bertz CT molecular complexity index is 597. The molecule has 0 spiro atoms. The van der Waals surface area contributed by atoms with Gasteiger partial charge >= 0.3 is 0 Å². The number of benzene rings is 1. The molecule has 2 aromatic rings. The Hall–Kier alpha value is -1.88. The molecule has 1 heterocycles. The number of nitrogens with one attached hydrogen (secondary N) is 1. The largest absolute Gasteiger partial charge is 0.481 e. The summed E-state index contributed by atoms with van der Waals surface area (Å²) >= 11 is 3.41. The van der Waals surface area contributed by atoms with Crippen LogP contribution in [-0.2, 0) is 0 Å². The predicted molar refractivity (Wildman–Crippen MR) is 85.4 cm³/mol. The number of halogens is 1. The number of amides is 1. The highest BCUT2D eigenvalue weighted by atomic mass is 79.9. The van der Waals surface area contributed by atoms with Crippen LogP contribution in [0.25, 0.3) is 0 Å². The average molecular weight is 349 g/mol. The van der Waals surface area contributed by atoms with E-state index in [0.717, 1.165) is 16.5 Å². The summed E-state index contributed by atoms with van der Waals surface area (Å²) in [6.45, 7) is 2.04. The van der Waals surface area contributed by atoms with Gasteiger partial charge in [0.1, 0.15) is 0 Å². The molecule has 0 bridgehead atoms. The van der Waals surface area contributed by atoms with E-state index in [1.807, 2.05) is 31.2 Å². The minimum atomic E-state index is -0.139. The Morgan fingerprint density at radius 3 is 2.52 bits per heavy atom. The molecule has 1 N–H and O–H groups in total. The van der Waals surface area contributed by atoms with Crippen molar-refractivity contribution in [3.63, 3.8) is 0 Å². The maximum atomic E-state index is 12.3. The van der Waals surface area contributed by atoms with E-state index in [-0.39, 0.29) is 11.9 Å². The number of ether oxygens (including phenoxy) is 1. The molecule has 0 aliphatic carbocycles. The molecule has 4 nitrogen and oxygen atoms in total. The highest BCUT2D eigenvalue weighted by Gasteiger charge is 2.14. The molecule has 110 valence electrons. The van der Waals surface area contributed by atoms with Crippen molar-refractivity contribution >= 4 is 21.8 Å². The van der Waals surface area contributed by atoms with E-state index in [9.17, 15) is 4.79 Å². The molecule has 1 amide bonds. The molecule has 1 aromatic carbocycles. The van der Waals surface area contributed by atoms with Crippen molar-refractivity contribution in [2.24, 2.45) is 0 Å². The minimum absolute atomic E-state index is 0.0206. The van der Waals surface area contributed by atoms with Gasteiger partial charge < -0.3 is 10.1 Å². The second-order valence-electron chi connectivity index (χ2n) is 4.58. The number of carbonyl (C=O) groups excluding carboxylic acids is 1.